The van der Waals surface area contributed by atoms with Crippen molar-refractivity contribution in [2.45, 2.75) is 63.8 Å². The molecule has 0 saturated heterocycles. The van der Waals surface area contributed by atoms with Gasteiger partial charge in [-0.05, 0) is 25.7 Å². The third kappa shape index (κ3) is 6.59. The van der Waals surface area contributed by atoms with E-state index in [-0.39, 0.29) is 24.0 Å². The molecule has 5 nitrogen and oxygen atoms in total. The van der Waals surface area contributed by atoms with Crippen molar-refractivity contribution >= 4 is 52.1 Å². The molecule has 3 unspecified atom stereocenters. The second-order valence-corrected chi connectivity index (χ2v) is 9.00. The average molecular weight is 484 g/mol. The first-order valence-electron chi connectivity index (χ1n) is 8.44. The first-order valence-corrected chi connectivity index (χ1v) is 10.6. The Morgan fingerprint density at radius 3 is 2.88 bits per heavy atom. The van der Waals surface area contributed by atoms with E-state index in [1.165, 1.54) is 4.88 Å². The normalized spacial score (nSPS) is 22.5. The zero-order valence-electron chi connectivity index (χ0n) is 14.7. The molecular weight excluding hydrogens is 455 g/mol. The minimum atomic E-state index is -0.691. The molecule has 0 aromatic carbocycles. The number of guanidine groups is 1. The summed E-state index contributed by atoms with van der Waals surface area (Å²) in [7, 11) is 1.10. The van der Waals surface area contributed by atoms with Crippen molar-refractivity contribution in [1.29, 1.82) is 0 Å². The van der Waals surface area contributed by atoms with Gasteiger partial charge in [-0.1, -0.05) is 20.3 Å². The summed E-state index contributed by atoms with van der Waals surface area (Å²) < 4.78 is 12.0. The zero-order chi connectivity index (χ0) is 16.7. The van der Waals surface area contributed by atoms with E-state index in [1.807, 2.05) is 13.1 Å². The summed E-state index contributed by atoms with van der Waals surface area (Å²) in [5.41, 5.74) is 0. The van der Waals surface area contributed by atoms with E-state index >= 15 is 0 Å². The number of aryl methyl sites for hydroxylation is 1. The fourth-order valence-corrected chi connectivity index (χ4v) is 5.04. The van der Waals surface area contributed by atoms with Crippen LogP contribution < -0.4 is 10.6 Å². The topological polar surface area (TPSA) is 66.4 Å². The van der Waals surface area contributed by atoms with Crippen molar-refractivity contribution in [1.82, 2.24) is 15.6 Å². The van der Waals surface area contributed by atoms with Crippen molar-refractivity contribution in [3.8, 4) is 0 Å². The number of halogens is 1. The van der Waals surface area contributed by atoms with Crippen LogP contribution in [0.3, 0.4) is 0 Å². The highest BCUT2D eigenvalue weighted by Crippen LogP contribution is 2.23. The molecule has 2 rings (SSSR count). The lowest BCUT2D eigenvalue weighted by Crippen LogP contribution is -2.46. The lowest BCUT2D eigenvalue weighted by molar-refractivity contribution is 0.413. The highest BCUT2D eigenvalue weighted by atomic mass is 127. The van der Waals surface area contributed by atoms with Gasteiger partial charge in [-0.3, -0.25) is 9.20 Å². The molecule has 24 heavy (non-hydrogen) atoms. The fraction of sp³-hybridized carbons (Fsp3) is 0.750. The molecule has 0 amide bonds. The van der Waals surface area contributed by atoms with Crippen LogP contribution in [0.15, 0.2) is 11.2 Å². The molecule has 8 heteroatoms. The molecule has 0 spiro atoms. The Morgan fingerprint density at radius 2 is 2.25 bits per heavy atom. The van der Waals surface area contributed by atoms with Crippen molar-refractivity contribution < 1.29 is 4.21 Å². The predicted octanol–water partition coefficient (Wildman–Crippen LogP) is 3.07. The second kappa shape index (κ2) is 11.4. The van der Waals surface area contributed by atoms with Gasteiger partial charge in [0.2, 0.25) is 0 Å². The molecule has 138 valence electrons. The van der Waals surface area contributed by atoms with E-state index in [9.17, 15) is 4.21 Å². The Bertz CT molecular complexity index is 550. The summed E-state index contributed by atoms with van der Waals surface area (Å²) in [4.78, 5) is 10.0. The smallest absolute Gasteiger partial charge is 0.191 e. The van der Waals surface area contributed by atoms with E-state index in [1.54, 1.807) is 18.4 Å². The molecule has 1 aromatic rings. The van der Waals surface area contributed by atoms with Crippen LogP contribution in [0.25, 0.3) is 0 Å². The summed E-state index contributed by atoms with van der Waals surface area (Å²) >= 11 is 1.74. The van der Waals surface area contributed by atoms with Crippen LogP contribution in [0.2, 0.25) is 0 Å². The van der Waals surface area contributed by atoms with E-state index in [4.69, 9.17) is 0 Å². The van der Waals surface area contributed by atoms with Crippen LogP contribution in [0.5, 0.6) is 0 Å². The minimum Gasteiger partial charge on any atom is -0.354 e. The molecule has 0 radical (unpaired) electrons. The van der Waals surface area contributed by atoms with E-state index in [2.05, 4.69) is 27.5 Å². The number of aliphatic imine (C=N–C) groups is 1. The summed E-state index contributed by atoms with van der Waals surface area (Å²) in [5, 5.41) is 8.24. The Morgan fingerprint density at radius 1 is 1.46 bits per heavy atom. The molecule has 0 aliphatic heterocycles. The summed E-state index contributed by atoms with van der Waals surface area (Å²) in [6.07, 6.45) is 7.29. The largest absolute Gasteiger partial charge is 0.354 e. The molecule has 1 heterocycles. The quantitative estimate of drug-likeness (QED) is 0.370. The molecule has 0 bridgehead atoms. The van der Waals surface area contributed by atoms with Crippen LogP contribution in [-0.2, 0) is 23.8 Å². The monoisotopic (exact) mass is 484 g/mol. The van der Waals surface area contributed by atoms with Crippen molar-refractivity contribution in [3.63, 3.8) is 0 Å². The molecule has 1 fully saturated rings. The molecule has 1 aliphatic carbocycles. The van der Waals surface area contributed by atoms with Gasteiger partial charge in [-0.2, -0.15) is 0 Å². The number of nitrogens with zero attached hydrogens (tertiary/aromatic N) is 2. The molecule has 3 atom stereocenters. The first kappa shape index (κ1) is 21.8. The Hall–Kier alpha value is -0.220. The maximum absolute atomic E-state index is 12.0. The number of hydrogen-bond acceptors (Lipinski definition) is 4. The maximum Gasteiger partial charge on any atom is 0.191 e. The summed E-state index contributed by atoms with van der Waals surface area (Å²) in [6, 6.07) is 0.359. The lowest BCUT2D eigenvalue weighted by atomic mass is 9.95. The van der Waals surface area contributed by atoms with Crippen molar-refractivity contribution in [2.75, 3.05) is 12.8 Å². The second-order valence-electron chi connectivity index (χ2n) is 5.80. The van der Waals surface area contributed by atoms with E-state index < -0.39 is 10.8 Å². The molecule has 2 N–H and O–H groups in total. The number of thiazole rings is 1. The van der Waals surface area contributed by atoms with E-state index in [0.29, 0.717) is 17.8 Å². The Kier molecular flexibility index (Phi) is 10.4. The van der Waals surface area contributed by atoms with Crippen LogP contribution in [-0.4, -0.2) is 39.2 Å². The Labute approximate surface area is 169 Å². The van der Waals surface area contributed by atoms with E-state index in [0.717, 1.165) is 48.8 Å². The van der Waals surface area contributed by atoms with Gasteiger partial charge in [0.1, 0.15) is 5.01 Å². The Balaban J connectivity index is 0.00000288. The average Bonchev–Trinajstić information content (AvgIpc) is 3.06. The fourth-order valence-electron chi connectivity index (χ4n) is 2.89. The highest BCUT2D eigenvalue weighted by Gasteiger charge is 2.26. The summed E-state index contributed by atoms with van der Waals surface area (Å²) in [6.45, 7) is 4.85. The highest BCUT2D eigenvalue weighted by molar-refractivity contribution is 14.0. The number of rotatable bonds is 6. The molecule has 1 aromatic heterocycles. The van der Waals surface area contributed by atoms with Gasteiger partial charge in [0.05, 0.1) is 6.54 Å². The minimum absolute atomic E-state index is 0. The molecule has 1 saturated carbocycles. The van der Waals surface area contributed by atoms with Gasteiger partial charge >= 0.3 is 0 Å². The van der Waals surface area contributed by atoms with Gasteiger partial charge in [0, 0.05) is 46.0 Å². The number of hydrogen-bond donors (Lipinski definition) is 2. The van der Waals surface area contributed by atoms with Crippen molar-refractivity contribution in [2.24, 2.45) is 4.99 Å². The van der Waals surface area contributed by atoms with Crippen LogP contribution in [0, 0.1) is 0 Å². The number of nitrogens with one attached hydrogen (secondary N) is 2. The van der Waals surface area contributed by atoms with Gasteiger partial charge in [-0.15, -0.1) is 35.3 Å². The number of aromatic nitrogens is 1. The lowest BCUT2D eigenvalue weighted by Gasteiger charge is -2.30. The van der Waals surface area contributed by atoms with Gasteiger partial charge in [0.15, 0.2) is 5.96 Å². The molecule has 1 aliphatic rings. The van der Waals surface area contributed by atoms with Gasteiger partial charge < -0.3 is 10.6 Å². The molecular formula is C16H29IN4OS2. The van der Waals surface area contributed by atoms with Crippen LogP contribution in [0.4, 0.5) is 0 Å². The summed E-state index contributed by atoms with van der Waals surface area (Å²) in [5.74, 6) is 1.57. The first-order chi connectivity index (χ1) is 11.2. The SMILES string of the molecule is CCc1cnc(CNC(=NC)NC2CCCC(S(=O)CC)C2)s1.I. The third-order valence-corrected chi connectivity index (χ3v) is 7.09. The zero-order valence-corrected chi connectivity index (χ0v) is 18.7. The van der Waals surface area contributed by atoms with Crippen LogP contribution in [0.1, 0.15) is 49.4 Å². The predicted molar refractivity (Wildman–Crippen MR) is 115 cm³/mol. The van der Waals surface area contributed by atoms with Crippen LogP contribution >= 0.6 is 35.3 Å². The standard InChI is InChI=1S/C16H28N4OS2.HI/c1-4-13-10-18-15(22-13)11-19-16(17-3)20-12-7-6-8-14(9-12)23(21)5-2;/h10,12,14H,4-9,11H2,1-3H3,(H2,17,19,20);1H. The van der Waals surface area contributed by atoms with Crippen molar-refractivity contribution in [3.05, 3.63) is 16.1 Å². The third-order valence-electron chi connectivity index (χ3n) is 4.20. The van der Waals surface area contributed by atoms with Gasteiger partial charge in [-0.25, -0.2) is 4.98 Å². The van der Waals surface area contributed by atoms with Gasteiger partial charge in [0.25, 0.3) is 0 Å². The maximum atomic E-state index is 12.0.